The van der Waals surface area contributed by atoms with E-state index in [4.69, 9.17) is 5.73 Å². The van der Waals surface area contributed by atoms with Crippen LogP contribution in [0.25, 0.3) is 0 Å². The van der Waals surface area contributed by atoms with Crippen molar-refractivity contribution in [3.05, 3.63) is 59.7 Å². The van der Waals surface area contributed by atoms with Crippen LogP contribution in [0.5, 0.6) is 0 Å². The maximum atomic E-state index is 12.1. The number of nitrogen functional groups attached to an aromatic ring is 1. The minimum atomic E-state index is -0.329. The average Bonchev–Trinajstić information content (AvgIpc) is 2.56. The molecule has 1 fully saturated rings. The summed E-state index contributed by atoms with van der Waals surface area (Å²) in [6.07, 6.45) is 0.841. The van der Waals surface area contributed by atoms with E-state index in [1.54, 1.807) is 48.5 Å². The van der Waals surface area contributed by atoms with E-state index in [2.05, 4.69) is 10.6 Å². The lowest BCUT2D eigenvalue weighted by atomic mass is 9.90. The first-order chi connectivity index (χ1) is 11.5. The minimum Gasteiger partial charge on any atom is -0.399 e. The van der Waals surface area contributed by atoms with E-state index >= 15 is 0 Å². The van der Waals surface area contributed by atoms with Crippen molar-refractivity contribution in [1.29, 1.82) is 0 Å². The number of benzene rings is 2. The summed E-state index contributed by atoms with van der Waals surface area (Å²) in [6.45, 7) is 0. The molecule has 1 atom stereocenters. The molecule has 0 saturated carbocycles. The van der Waals surface area contributed by atoms with Crippen LogP contribution in [0.4, 0.5) is 11.4 Å². The molecule has 1 aliphatic heterocycles. The Morgan fingerprint density at radius 3 is 2.33 bits per heavy atom. The highest BCUT2D eigenvalue weighted by Gasteiger charge is 2.27. The van der Waals surface area contributed by atoms with Crippen molar-refractivity contribution in [2.75, 3.05) is 11.1 Å². The van der Waals surface area contributed by atoms with Crippen LogP contribution in [-0.4, -0.2) is 17.7 Å². The number of nitrogens with one attached hydrogen (secondary N) is 2. The lowest BCUT2D eigenvalue weighted by Gasteiger charge is -2.21. The highest BCUT2D eigenvalue weighted by atomic mass is 16.2. The Labute approximate surface area is 139 Å². The van der Waals surface area contributed by atoms with E-state index in [0.29, 0.717) is 29.8 Å². The van der Waals surface area contributed by atoms with Gasteiger partial charge in [0.15, 0.2) is 0 Å². The molecule has 1 heterocycles. The smallest absolute Gasteiger partial charge is 0.255 e. The van der Waals surface area contributed by atoms with Crippen LogP contribution in [0.2, 0.25) is 0 Å². The molecular weight excluding hydrogens is 306 g/mol. The van der Waals surface area contributed by atoms with Crippen LogP contribution in [0.3, 0.4) is 0 Å². The molecule has 3 amide bonds. The van der Waals surface area contributed by atoms with E-state index in [0.717, 1.165) is 5.56 Å². The van der Waals surface area contributed by atoms with Crippen LogP contribution < -0.4 is 16.4 Å². The van der Waals surface area contributed by atoms with E-state index in [-0.39, 0.29) is 23.6 Å². The monoisotopic (exact) mass is 323 g/mol. The highest BCUT2D eigenvalue weighted by Crippen LogP contribution is 2.26. The van der Waals surface area contributed by atoms with Gasteiger partial charge >= 0.3 is 0 Å². The summed E-state index contributed by atoms with van der Waals surface area (Å²) in [6, 6.07) is 13.7. The van der Waals surface area contributed by atoms with Gasteiger partial charge in [-0.25, -0.2) is 0 Å². The predicted octanol–water partition coefficient (Wildman–Crippen LogP) is 2.04. The Balaban J connectivity index is 1.68. The number of carbonyl (C=O) groups is 3. The molecule has 2 aromatic carbocycles. The summed E-state index contributed by atoms with van der Waals surface area (Å²) in [4.78, 5) is 35.2. The van der Waals surface area contributed by atoms with Crippen molar-refractivity contribution >= 4 is 29.1 Å². The molecule has 1 saturated heterocycles. The van der Waals surface area contributed by atoms with Crippen LogP contribution in [0.15, 0.2) is 48.5 Å². The molecule has 6 nitrogen and oxygen atoms in total. The fourth-order valence-electron chi connectivity index (χ4n) is 2.65. The summed E-state index contributed by atoms with van der Waals surface area (Å²) < 4.78 is 0. The van der Waals surface area contributed by atoms with Gasteiger partial charge in [0.25, 0.3) is 5.91 Å². The van der Waals surface area contributed by atoms with Crippen molar-refractivity contribution in [1.82, 2.24) is 5.32 Å². The SMILES string of the molecule is Nc1ccc(C(=O)Nc2ccc(C3CCC(=O)NC3=O)cc2)cc1. The zero-order valence-electron chi connectivity index (χ0n) is 12.9. The van der Waals surface area contributed by atoms with Crippen molar-refractivity contribution < 1.29 is 14.4 Å². The van der Waals surface area contributed by atoms with Crippen LogP contribution in [0, 0.1) is 0 Å². The molecule has 0 aromatic heterocycles. The van der Waals surface area contributed by atoms with Gasteiger partial charge in [-0.1, -0.05) is 12.1 Å². The number of hydrogen-bond acceptors (Lipinski definition) is 4. The Morgan fingerprint density at radius 1 is 1.04 bits per heavy atom. The number of rotatable bonds is 3. The molecule has 1 aliphatic rings. The second-order valence-corrected chi connectivity index (χ2v) is 5.70. The molecule has 0 bridgehead atoms. The summed E-state index contributed by atoms with van der Waals surface area (Å²) in [5.74, 6) is -1.07. The third kappa shape index (κ3) is 3.43. The fraction of sp³-hybridized carbons (Fsp3) is 0.167. The number of amides is 3. The minimum absolute atomic E-state index is 0.233. The highest BCUT2D eigenvalue weighted by molar-refractivity contribution is 6.04. The van der Waals surface area contributed by atoms with Gasteiger partial charge in [0.2, 0.25) is 11.8 Å². The fourth-order valence-corrected chi connectivity index (χ4v) is 2.65. The number of nitrogens with two attached hydrogens (primary N) is 1. The molecule has 4 N–H and O–H groups in total. The normalized spacial score (nSPS) is 17.2. The van der Waals surface area contributed by atoms with Crippen LogP contribution >= 0.6 is 0 Å². The summed E-state index contributed by atoms with van der Waals surface area (Å²) in [5.41, 5.74) is 8.17. The topological polar surface area (TPSA) is 101 Å². The molecule has 2 aromatic rings. The van der Waals surface area contributed by atoms with E-state index in [9.17, 15) is 14.4 Å². The predicted molar refractivity (Wildman–Crippen MR) is 90.4 cm³/mol. The van der Waals surface area contributed by atoms with Crippen LogP contribution in [-0.2, 0) is 9.59 Å². The molecule has 0 radical (unpaired) electrons. The summed E-state index contributed by atoms with van der Waals surface area (Å²) >= 11 is 0. The Bertz CT molecular complexity index is 782. The lowest BCUT2D eigenvalue weighted by Crippen LogP contribution is -2.39. The van der Waals surface area contributed by atoms with E-state index in [1.165, 1.54) is 0 Å². The van der Waals surface area contributed by atoms with Gasteiger partial charge in [-0.2, -0.15) is 0 Å². The molecule has 0 aliphatic carbocycles. The molecular formula is C18H17N3O3. The zero-order valence-corrected chi connectivity index (χ0v) is 12.9. The zero-order chi connectivity index (χ0) is 17.1. The molecule has 122 valence electrons. The quantitative estimate of drug-likeness (QED) is 0.594. The van der Waals surface area contributed by atoms with Crippen LogP contribution in [0.1, 0.15) is 34.7 Å². The second-order valence-electron chi connectivity index (χ2n) is 5.70. The Hall–Kier alpha value is -3.15. The number of hydrogen-bond donors (Lipinski definition) is 3. The van der Waals surface area contributed by atoms with Gasteiger partial charge in [-0.15, -0.1) is 0 Å². The third-order valence-electron chi connectivity index (χ3n) is 3.98. The van der Waals surface area contributed by atoms with Gasteiger partial charge in [0.1, 0.15) is 0 Å². The third-order valence-corrected chi connectivity index (χ3v) is 3.98. The van der Waals surface area contributed by atoms with Gasteiger partial charge in [0, 0.05) is 23.4 Å². The number of imide groups is 1. The first-order valence-electron chi connectivity index (χ1n) is 7.63. The second kappa shape index (κ2) is 6.54. The molecule has 1 unspecified atom stereocenters. The lowest BCUT2D eigenvalue weighted by molar-refractivity contribution is -0.134. The van der Waals surface area contributed by atoms with Crippen molar-refractivity contribution in [3.63, 3.8) is 0 Å². The molecule has 3 rings (SSSR count). The van der Waals surface area contributed by atoms with Gasteiger partial charge in [-0.3, -0.25) is 19.7 Å². The first-order valence-corrected chi connectivity index (χ1v) is 7.63. The molecule has 0 spiro atoms. The van der Waals surface area contributed by atoms with Gasteiger partial charge in [-0.05, 0) is 48.4 Å². The van der Waals surface area contributed by atoms with Crippen molar-refractivity contribution in [2.24, 2.45) is 0 Å². The van der Waals surface area contributed by atoms with E-state index < -0.39 is 0 Å². The van der Waals surface area contributed by atoms with E-state index in [1.807, 2.05) is 0 Å². The number of carbonyl (C=O) groups excluding carboxylic acids is 3. The van der Waals surface area contributed by atoms with Crippen molar-refractivity contribution in [2.45, 2.75) is 18.8 Å². The maximum Gasteiger partial charge on any atom is 0.255 e. The Kier molecular flexibility index (Phi) is 4.29. The molecule has 6 heteroatoms. The Morgan fingerprint density at radius 2 is 1.71 bits per heavy atom. The van der Waals surface area contributed by atoms with Crippen molar-refractivity contribution in [3.8, 4) is 0 Å². The number of anilines is 2. The standard InChI is InChI=1S/C18H17N3O3/c19-13-5-1-12(2-6-13)17(23)20-14-7-3-11(4-8-14)15-9-10-16(22)21-18(15)24/h1-8,15H,9-10,19H2,(H,20,23)(H,21,22,24). The summed E-state index contributed by atoms with van der Waals surface area (Å²) in [7, 11) is 0. The average molecular weight is 323 g/mol. The van der Waals surface area contributed by atoms with Gasteiger partial charge < -0.3 is 11.1 Å². The maximum absolute atomic E-state index is 12.1. The summed E-state index contributed by atoms with van der Waals surface area (Å²) in [5, 5.41) is 5.13. The number of piperidine rings is 1. The molecule has 24 heavy (non-hydrogen) atoms. The first kappa shape index (κ1) is 15.7. The largest absolute Gasteiger partial charge is 0.399 e. The van der Waals surface area contributed by atoms with Gasteiger partial charge in [0.05, 0.1) is 5.92 Å².